The van der Waals surface area contributed by atoms with Crippen LogP contribution in [0.3, 0.4) is 0 Å². The van der Waals surface area contributed by atoms with Crippen molar-refractivity contribution in [2.75, 3.05) is 14.1 Å². The predicted molar refractivity (Wildman–Crippen MR) is 64.2 cm³/mol. The van der Waals surface area contributed by atoms with Crippen molar-refractivity contribution in [1.82, 2.24) is 15.1 Å². The third-order valence-corrected chi connectivity index (χ3v) is 3.84. The van der Waals surface area contributed by atoms with Gasteiger partial charge < -0.3 is 15.1 Å². The summed E-state index contributed by atoms with van der Waals surface area (Å²) in [4.78, 5) is 27.4. The lowest BCUT2D eigenvalue weighted by Crippen LogP contribution is -2.58. The van der Waals surface area contributed by atoms with Gasteiger partial charge in [-0.2, -0.15) is 0 Å². The Balaban J connectivity index is 2.53. The Morgan fingerprint density at radius 2 is 1.88 bits per heavy atom. The quantitative estimate of drug-likeness (QED) is 0.681. The summed E-state index contributed by atoms with van der Waals surface area (Å²) in [5.74, 6) is 0.00981. The lowest BCUT2D eigenvalue weighted by Gasteiger charge is -2.46. The Labute approximate surface area is 101 Å². The summed E-state index contributed by atoms with van der Waals surface area (Å²) in [5.41, 5.74) is 1.32. The summed E-state index contributed by atoms with van der Waals surface area (Å²) in [7, 11) is 3.53. The molecule has 5 nitrogen and oxygen atoms in total. The highest BCUT2D eigenvalue weighted by Crippen LogP contribution is 2.35. The highest BCUT2D eigenvalue weighted by atomic mass is 16.2. The van der Waals surface area contributed by atoms with Crippen LogP contribution in [0.2, 0.25) is 0 Å². The first-order valence-electron chi connectivity index (χ1n) is 5.81. The molecule has 0 bridgehead atoms. The van der Waals surface area contributed by atoms with Gasteiger partial charge in [-0.05, 0) is 20.8 Å². The maximum Gasteiger partial charge on any atom is 0.321 e. The van der Waals surface area contributed by atoms with Crippen molar-refractivity contribution < 1.29 is 9.59 Å². The van der Waals surface area contributed by atoms with Gasteiger partial charge in [-0.25, -0.2) is 4.79 Å². The SMILES string of the molecule is CC1NC(=O)N(C)C2=C1C(=O)N(C)C(C)(C)C2. The standard InChI is InChI=1S/C12H19N3O2/c1-7-9-8(14(4)11(17)13-7)6-12(2,3)15(5)10(9)16/h7H,6H2,1-5H3,(H,13,17). The van der Waals surface area contributed by atoms with E-state index in [0.29, 0.717) is 12.0 Å². The number of urea groups is 1. The van der Waals surface area contributed by atoms with Gasteiger partial charge in [-0.3, -0.25) is 4.79 Å². The summed E-state index contributed by atoms with van der Waals surface area (Å²) < 4.78 is 0. The lowest BCUT2D eigenvalue weighted by atomic mass is 9.85. The van der Waals surface area contributed by atoms with Crippen LogP contribution in [0.15, 0.2) is 11.3 Å². The van der Waals surface area contributed by atoms with Crippen molar-refractivity contribution >= 4 is 11.9 Å². The first-order chi connectivity index (χ1) is 7.75. The monoisotopic (exact) mass is 237 g/mol. The number of carbonyl (C=O) groups is 2. The van der Waals surface area contributed by atoms with Crippen LogP contribution in [-0.4, -0.2) is 47.4 Å². The van der Waals surface area contributed by atoms with Crippen molar-refractivity contribution in [1.29, 1.82) is 0 Å². The van der Waals surface area contributed by atoms with Crippen LogP contribution in [0.1, 0.15) is 27.2 Å². The molecule has 2 heterocycles. The van der Waals surface area contributed by atoms with Crippen LogP contribution >= 0.6 is 0 Å². The third-order valence-electron chi connectivity index (χ3n) is 3.84. The molecule has 17 heavy (non-hydrogen) atoms. The number of hydrogen-bond acceptors (Lipinski definition) is 2. The molecular weight excluding hydrogens is 218 g/mol. The molecule has 0 spiro atoms. The minimum atomic E-state index is -0.248. The van der Waals surface area contributed by atoms with E-state index in [1.54, 1.807) is 16.8 Å². The number of likely N-dealkylation sites (N-methyl/N-ethyl adjacent to an activating group) is 1. The smallest absolute Gasteiger partial charge is 0.321 e. The Hall–Kier alpha value is -1.52. The molecule has 2 rings (SSSR count). The van der Waals surface area contributed by atoms with Gasteiger partial charge in [-0.1, -0.05) is 0 Å². The van der Waals surface area contributed by atoms with Crippen LogP contribution in [0.4, 0.5) is 4.79 Å². The topological polar surface area (TPSA) is 52.7 Å². The van der Waals surface area contributed by atoms with E-state index in [9.17, 15) is 9.59 Å². The average Bonchev–Trinajstić information content (AvgIpc) is 2.22. The fraction of sp³-hybridized carbons (Fsp3) is 0.667. The van der Waals surface area contributed by atoms with Gasteiger partial charge in [-0.15, -0.1) is 0 Å². The normalized spacial score (nSPS) is 28.2. The molecule has 0 saturated carbocycles. The zero-order valence-corrected chi connectivity index (χ0v) is 11.0. The third kappa shape index (κ3) is 1.61. The fourth-order valence-corrected chi connectivity index (χ4v) is 2.41. The van der Waals surface area contributed by atoms with Crippen molar-refractivity contribution in [3.8, 4) is 0 Å². The number of rotatable bonds is 0. The molecule has 5 heteroatoms. The predicted octanol–water partition coefficient (Wildman–Crippen LogP) is 0.925. The minimum Gasteiger partial charge on any atom is -0.336 e. The zero-order chi connectivity index (χ0) is 13.0. The van der Waals surface area contributed by atoms with Gasteiger partial charge in [0.2, 0.25) is 0 Å². The van der Waals surface area contributed by atoms with Gasteiger partial charge in [0.25, 0.3) is 5.91 Å². The molecule has 1 N–H and O–H groups in total. The molecule has 0 fully saturated rings. The van der Waals surface area contributed by atoms with Crippen LogP contribution in [-0.2, 0) is 4.79 Å². The molecule has 0 saturated heterocycles. The molecule has 2 aliphatic rings. The highest BCUT2D eigenvalue weighted by molar-refractivity contribution is 5.99. The Morgan fingerprint density at radius 3 is 2.47 bits per heavy atom. The van der Waals surface area contributed by atoms with E-state index in [2.05, 4.69) is 5.32 Å². The maximum absolute atomic E-state index is 12.3. The van der Waals surface area contributed by atoms with Gasteiger partial charge in [0.15, 0.2) is 0 Å². The summed E-state index contributed by atoms with van der Waals surface area (Å²) in [5, 5.41) is 2.79. The van der Waals surface area contributed by atoms with E-state index >= 15 is 0 Å². The summed E-state index contributed by atoms with van der Waals surface area (Å²) >= 11 is 0. The van der Waals surface area contributed by atoms with Crippen molar-refractivity contribution in [3.05, 3.63) is 11.3 Å². The van der Waals surface area contributed by atoms with E-state index in [0.717, 1.165) is 5.70 Å². The Bertz CT molecular complexity index is 425. The number of hydrogen-bond donors (Lipinski definition) is 1. The fourth-order valence-electron chi connectivity index (χ4n) is 2.41. The molecule has 0 aromatic carbocycles. The van der Waals surface area contributed by atoms with Gasteiger partial charge in [0, 0.05) is 31.8 Å². The second kappa shape index (κ2) is 3.48. The minimum absolute atomic E-state index is 0.00981. The second-order valence-electron chi connectivity index (χ2n) is 5.44. The molecule has 3 amide bonds. The van der Waals surface area contributed by atoms with E-state index in [-0.39, 0.29) is 23.5 Å². The van der Waals surface area contributed by atoms with Gasteiger partial charge >= 0.3 is 6.03 Å². The first-order valence-corrected chi connectivity index (χ1v) is 5.81. The maximum atomic E-state index is 12.3. The van der Waals surface area contributed by atoms with Crippen LogP contribution < -0.4 is 5.32 Å². The van der Waals surface area contributed by atoms with Gasteiger partial charge in [0.05, 0.1) is 11.6 Å². The Kier molecular flexibility index (Phi) is 2.45. The number of nitrogens with zero attached hydrogens (tertiary/aromatic N) is 2. The molecule has 0 aromatic heterocycles. The number of nitrogens with one attached hydrogen (secondary N) is 1. The first kappa shape index (κ1) is 12.0. The van der Waals surface area contributed by atoms with E-state index in [1.165, 1.54) is 0 Å². The van der Waals surface area contributed by atoms with Gasteiger partial charge in [0.1, 0.15) is 0 Å². The summed E-state index contributed by atoms with van der Waals surface area (Å²) in [6, 6.07) is -0.343. The van der Waals surface area contributed by atoms with E-state index in [1.807, 2.05) is 27.8 Å². The number of carbonyl (C=O) groups excluding carboxylic acids is 2. The molecule has 1 unspecified atom stereocenters. The van der Waals surface area contributed by atoms with Crippen molar-refractivity contribution in [2.24, 2.45) is 0 Å². The molecule has 94 valence electrons. The zero-order valence-electron chi connectivity index (χ0n) is 11.0. The summed E-state index contributed by atoms with van der Waals surface area (Å²) in [6.45, 7) is 5.88. The number of amides is 3. The van der Waals surface area contributed by atoms with Crippen molar-refractivity contribution in [2.45, 2.75) is 38.8 Å². The van der Waals surface area contributed by atoms with Crippen molar-refractivity contribution in [3.63, 3.8) is 0 Å². The lowest BCUT2D eigenvalue weighted by molar-refractivity contribution is -0.132. The highest BCUT2D eigenvalue weighted by Gasteiger charge is 2.43. The van der Waals surface area contributed by atoms with Crippen LogP contribution in [0, 0.1) is 0 Å². The largest absolute Gasteiger partial charge is 0.336 e. The van der Waals surface area contributed by atoms with Crippen LogP contribution in [0.25, 0.3) is 0 Å². The second-order valence-corrected chi connectivity index (χ2v) is 5.44. The van der Waals surface area contributed by atoms with E-state index < -0.39 is 0 Å². The molecule has 2 aliphatic heterocycles. The van der Waals surface area contributed by atoms with Crippen LogP contribution in [0.5, 0.6) is 0 Å². The summed E-state index contributed by atoms with van der Waals surface area (Å²) in [6.07, 6.45) is 0.707. The molecule has 0 aromatic rings. The van der Waals surface area contributed by atoms with E-state index in [4.69, 9.17) is 0 Å². The average molecular weight is 237 g/mol. The molecule has 0 aliphatic carbocycles. The molecule has 0 radical (unpaired) electrons. The molecule has 1 atom stereocenters. The molecular formula is C12H19N3O2. The Morgan fingerprint density at radius 1 is 1.29 bits per heavy atom.